The van der Waals surface area contributed by atoms with Crippen LogP contribution in [0.25, 0.3) is 0 Å². The van der Waals surface area contributed by atoms with Crippen LogP contribution in [0.2, 0.25) is 10.2 Å². The van der Waals surface area contributed by atoms with Gasteiger partial charge in [-0.2, -0.15) is 5.10 Å². The Morgan fingerprint density at radius 2 is 1.83 bits per heavy atom. The topological polar surface area (TPSA) is 29.9 Å². The van der Waals surface area contributed by atoms with Gasteiger partial charge in [-0.05, 0) is 24.6 Å². The zero-order valence-electron chi connectivity index (χ0n) is 10.4. The minimum Gasteiger partial charge on any atom is -0.308 e. The van der Waals surface area contributed by atoms with E-state index < -0.39 is 0 Å². The van der Waals surface area contributed by atoms with Crippen LogP contribution in [-0.4, -0.2) is 9.78 Å². The first-order valence-electron chi connectivity index (χ1n) is 5.71. The molecule has 5 heteroatoms. The van der Waals surface area contributed by atoms with E-state index in [9.17, 15) is 0 Å². The summed E-state index contributed by atoms with van der Waals surface area (Å²) in [5.74, 6) is 0. The molecule has 0 saturated heterocycles. The SMILES string of the molecule is Cc1nn(C)c(Cl)c1CNCc1ccc(Cl)cc1. The maximum atomic E-state index is 6.16. The molecule has 2 rings (SSSR count). The van der Waals surface area contributed by atoms with Crippen molar-refractivity contribution in [3.05, 3.63) is 51.3 Å². The van der Waals surface area contributed by atoms with Crippen LogP contribution in [-0.2, 0) is 20.1 Å². The number of aryl methyl sites for hydroxylation is 2. The van der Waals surface area contributed by atoms with Crippen LogP contribution >= 0.6 is 23.2 Å². The first-order valence-corrected chi connectivity index (χ1v) is 6.46. The van der Waals surface area contributed by atoms with Gasteiger partial charge >= 0.3 is 0 Å². The Morgan fingerprint density at radius 3 is 2.39 bits per heavy atom. The number of nitrogens with zero attached hydrogens (tertiary/aromatic N) is 2. The number of rotatable bonds is 4. The Bertz CT molecular complexity index is 532. The summed E-state index contributed by atoms with van der Waals surface area (Å²) in [7, 11) is 1.85. The summed E-state index contributed by atoms with van der Waals surface area (Å²) in [6.07, 6.45) is 0. The lowest BCUT2D eigenvalue weighted by Crippen LogP contribution is -2.13. The second-order valence-electron chi connectivity index (χ2n) is 4.21. The monoisotopic (exact) mass is 283 g/mol. The molecule has 96 valence electrons. The van der Waals surface area contributed by atoms with Gasteiger partial charge in [0.1, 0.15) is 5.15 Å². The highest BCUT2D eigenvalue weighted by Crippen LogP contribution is 2.18. The number of aromatic nitrogens is 2. The molecule has 0 atom stereocenters. The molecule has 18 heavy (non-hydrogen) atoms. The van der Waals surface area contributed by atoms with Crippen molar-refractivity contribution >= 4 is 23.2 Å². The van der Waals surface area contributed by atoms with E-state index in [4.69, 9.17) is 23.2 Å². The number of hydrogen-bond acceptors (Lipinski definition) is 2. The zero-order chi connectivity index (χ0) is 13.1. The molecule has 0 spiro atoms. The fraction of sp³-hybridized carbons (Fsp3) is 0.308. The van der Waals surface area contributed by atoms with E-state index in [1.54, 1.807) is 4.68 Å². The molecule has 1 aromatic carbocycles. The Kier molecular flexibility index (Phi) is 4.27. The van der Waals surface area contributed by atoms with Gasteiger partial charge in [-0.15, -0.1) is 0 Å². The zero-order valence-corrected chi connectivity index (χ0v) is 11.9. The number of nitrogens with one attached hydrogen (secondary N) is 1. The van der Waals surface area contributed by atoms with E-state index in [-0.39, 0.29) is 0 Å². The number of hydrogen-bond donors (Lipinski definition) is 1. The summed E-state index contributed by atoms with van der Waals surface area (Å²) in [4.78, 5) is 0. The van der Waals surface area contributed by atoms with Crippen molar-refractivity contribution in [2.75, 3.05) is 0 Å². The van der Waals surface area contributed by atoms with Crippen LogP contribution in [0.3, 0.4) is 0 Å². The molecule has 1 heterocycles. The number of halogens is 2. The molecule has 0 aliphatic rings. The van der Waals surface area contributed by atoms with Crippen molar-refractivity contribution in [3.8, 4) is 0 Å². The molecule has 0 saturated carbocycles. The van der Waals surface area contributed by atoms with Crippen LogP contribution in [0.4, 0.5) is 0 Å². The molecular formula is C13H15Cl2N3. The summed E-state index contributed by atoms with van der Waals surface area (Å²) in [5, 5.41) is 9.07. The van der Waals surface area contributed by atoms with Gasteiger partial charge in [0, 0.05) is 30.7 Å². The van der Waals surface area contributed by atoms with Gasteiger partial charge in [0.05, 0.1) is 5.69 Å². The van der Waals surface area contributed by atoms with E-state index in [1.807, 2.05) is 38.2 Å². The second-order valence-corrected chi connectivity index (χ2v) is 5.00. The van der Waals surface area contributed by atoms with E-state index in [1.165, 1.54) is 5.56 Å². The van der Waals surface area contributed by atoms with Crippen LogP contribution in [0, 0.1) is 6.92 Å². The third kappa shape index (κ3) is 3.05. The summed E-state index contributed by atoms with van der Waals surface area (Å²) in [5.41, 5.74) is 3.20. The number of benzene rings is 1. The predicted octanol–water partition coefficient (Wildman–Crippen LogP) is 3.33. The van der Waals surface area contributed by atoms with Gasteiger partial charge in [-0.3, -0.25) is 4.68 Å². The lowest BCUT2D eigenvalue weighted by molar-refractivity contribution is 0.690. The van der Waals surface area contributed by atoms with Crippen LogP contribution < -0.4 is 5.32 Å². The molecule has 1 aromatic heterocycles. The Labute approximate surface area is 117 Å². The third-order valence-corrected chi connectivity index (χ3v) is 3.54. The lowest BCUT2D eigenvalue weighted by Gasteiger charge is -2.05. The molecule has 0 aliphatic carbocycles. The van der Waals surface area contributed by atoms with Gasteiger partial charge in [-0.1, -0.05) is 35.3 Å². The minimum absolute atomic E-state index is 0.691. The first-order chi connectivity index (χ1) is 8.58. The molecule has 1 N–H and O–H groups in total. The van der Waals surface area contributed by atoms with Crippen molar-refractivity contribution in [1.29, 1.82) is 0 Å². The maximum Gasteiger partial charge on any atom is 0.131 e. The third-order valence-electron chi connectivity index (χ3n) is 2.81. The average Bonchev–Trinajstić information content (AvgIpc) is 2.58. The van der Waals surface area contributed by atoms with Gasteiger partial charge in [-0.25, -0.2) is 0 Å². The van der Waals surface area contributed by atoms with Crippen LogP contribution in [0.15, 0.2) is 24.3 Å². The van der Waals surface area contributed by atoms with Crippen molar-refractivity contribution in [1.82, 2.24) is 15.1 Å². The molecule has 2 aromatic rings. The van der Waals surface area contributed by atoms with Crippen molar-refractivity contribution in [3.63, 3.8) is 0 Å². The molecule has 0 aliphatic heterocycles. The lowest BCUT2D eigenvalue weighted by atomic mass is 10.2. The van der Waals surface area contributed by atoms with Gasteiger partial charge < -0.3 is 5.32 Å². The summed E-state index contributed by atoms with van der Waals surface area (Å²) in [6.45, 7) is 3.45. The normalized spacial score (nSPS) is 10.9. The van der Waals surface area contributed by atoms with Gasteiger partial charge in [0.15, 0.2) is 0 Å². The molecule has 0 bridgehead atoms. The van der Waals surface area contributed by atoms with Crippen LogP contribution in [0.1, 0.15) is 16.8 Å². The average molecular weight is 284 g/mol. The van der Waals surface area contributed by atoms with Gasteiger partial charge in [0.2, 0.25) is 0 Å². The Hall–Kier alpha value is -1.03. The van der Waals surface area contributed by atoms with E-state index >= 15 is 0 Å². The quantitative estimate of drug-likeness (QED) is 0.933. The fourth-order valence-corrected chi connectivity index (χ4v) is 2.18. The van der Waals surface area contributed by atoms with E-state index in [0.29, 0.717) is 11.7 Å². The smallest absolute Gasteiger partial charge is 0.131 e. The molecule has 0 amide bonds. The Balaban J connectivity index is 1.94. The van der Waals surface area contributed by atoms with Gasteiger partial charge in [0.25, 0.3) is 0 Å². The molecule has 3 nitrogen and oxygen atoms in total. The highest BCUT2D eigenvalue weighted by atomic mass is 35.5. The molecule has 0 radical (unpaired) electrons. The second kappa shape index (κ2) is 5.74. The largest absolute Gasteiger partial charge is 0.308 e. The maximum absolute atomic E-state index is 6.16. The van der Waals surface area contributed by atoms with Crippen LogP contribution in [0.5, 0.6) is 0 Å². The molecule has 0 fully saturated rings. The molecule has 0 unspecified atom stereocenters. The van der Waals surface area contributed by atoms with E-state index in [2.05, 4.69) is 10.4 Å². The summed E-state index contributed by atoms with van der Waals surface area (Å²) >= 11 is 12.0. The Morgan fingerprint density at radius 1 is 1.17 bits per heavy atom. The summed E-state index contributed by atoms with van der Waals surface area (Å²) in [6, 6.07) is 7.79. The fourth-order valence-electron chi connectivity index (χ4n) is 1.81. The molecular weight excluding hydrogens is 269 g/mol. The van der Waals surface area contributed by atoms with Crippen molar-refractivity contribution in [2.45, 2.75) is 20.0 Å². The van der Waals surface area contributed by atoms with E-state index in [0.717, 1.165) is 22.8 Å². The standard InChI is InChI=1S/C13H15Cl2N3/c1-9-12(13(15)18(2)17-9)8-16-7-10-3-5-11(14)6-4-10/h3-6,16H,7-8H2,1-2H3. The van der Waals surface area contributed by atoms with Crippen molar-refractivity contribution in [2.24, 2.45) is 7.05 Å². The predicted molar refractivity (Wildman–Crippen MR) is 75.0 cm³/mol. The highest BCUT2D eigenvalue weighted by Gasteiger charge is 2.10. The minimum atomic E-state index is 0.691. The first kappa shape index (κ1) is 13.4. The summed E-state index contributed by atoms with van der Waals surface area (Å²) < 4.78 is 1.69. The van der Waals surface area contributed by atoms with Crippen molar-refractivity contribution < 1.29 is 0 Å². The highest BCUT2D eigenvalue weighted by molar-refractivity contribution is 6.30.